The van der Waals surface area contributed by atoms with Crippen LogP contribution in [0.1, 0.15) is 29.7 Å². The van der Waals surface area contributed by atoms with Gasteiger partial charge in [0.1, 0.15) is 6.61 Å². The Morgan fingerprint density at radius 2 is 1.79 bits per heavy atom. The number of likely N-dealkylation sites (N-methyl/N-ethyl adjacent to an activating group) is 1. The number of nitrogens with zero attached hydrogens (tertiary/aromatic N) is 4. The number of ether oxygens (including phenoxy) is 2. The van der Waals surface area contributed by atoms with Gasteiger partial charge in [0.25, 0.3) is 0 Å². The van der Waals surface area contributed by atoms with Crippen molar-refractivity contribution in [1.29, 1.82) is 0 Å². The fourth-order valence-corrected chi connectivity index (χ4v) is 6.32. The molecule has 3 aromatic carbocycles. The van der Waals surface area contributed by atoms with Crippen molar-refractivity contribution in [2.75, 3.05) is 60.0 Å². The zero-order valence-corrected chi connectivity index (χ0v) is 24.5. The number of benzene rings is 3. The summed E-state index contributed by atoms with van der Waals surface area (Å²) in [6.45, 7) is 7.70. The van der Waals surface area contributed by atoms with Crippen LogP contribution in [0.5, 0.6) is 11.5 Å². The van der Waals surface area contributed by atoms with Gasteiger partial charge in [-0.3, -0.25) is 9.91 Å². The van der Waals surface area contributed by atoms with Crippen LogP contribution in [0.15, 0.2) is 75.6 Å². The van der Waals surface area contributed by atoms with Gasteiger partial charge in [0, 0.05) is 53.6 Å². The topological polar surface area (TPSA) is 40.5 Å². The van der Waals surface area contributed by atoms with Crippen molar-refractivity contribution in [2.45, 2.75) is 29.2 Å². The van der Waals surface area contributed by atoms with E-state index in [1.54, 1.807) is 0 Å². The van der Waals surface area contributed by atoms with Crippen molar-refractivity contribution in [3.8, 4) is 11.5 Å². The lowest BCUT2D eigenvalue weighted by Crippen LogP contribution is -2.46. The van der Waals surface area contributed by atoms with Crippen LogP contribution in [0.4, 0.5) is 0 Å². The minimum Gasteiger partial charge on any atom is -0.490 e. The lowest BCUT2D eigenvalue weighted by atomic mass is 9.97. The van der Waals surface area contributed by atoms with Crippen LogP contribution in [0.25, 0.3) is 0 Å². The van der Waals surface area contributed by atoms with Crippen LogP contribution in [0, 0.1) is 0 Å². The summed E-state index contributed by atoms with van der Waals surface area (Å²) < 4.78 is 11.8. The number of piperazine rings is 1. The van der Waals surface area contributed by atoms with Gasteiger partial charge in [-0.05, 0) is 86.6 Å². The molecule has 0 aromatic heterocycles. The Morgan fingerprint density at radius 3 is 2.59 bits per heavy atom. The zero-order valence-electron chi connectivity index (χ0n) is 23.0. The second-order valence-corrected chi connectivity index (χ2v) is 11.7. The first-order valence-electron chi connectivity index (χ1n) is 13.6. The Morgan fingerprint density at radius 1 is 0.974 bits per heavy atom. The molecule has 1 fully saturated rings. The molecule has 0 spiro atoms. The lowest BCUT2D eigenvalue weighted by molar-refractivity contribution is 0.0970. The Labute approximate surface area is 241 Å². The minimum atomic E-state index is 0.301. The molecule has 2 aliphatic heterocycles. The quantitative estimate of drug-likeness (QED) is 0.293. The van der Waals surface area contributed by atoms with E-state index >= 15 is 0 Å². The molecule has 1 saturated heterocycles. The van der Waals surface area contributed by atoms with Gasteiger partial charge in [-0.15, -0.1) is 0 Å². The van der Waals surface area contributed by atoms with Gasteiger partial charge in [-0.2, -0.15) is 5.10 Å². The molecule has 1 atom stereocenters. The number of hydrogen-bond acceptors (Lipinski definition) is 7. The third-order valence-electron chi connectivity index (χ3n) is 7.10. The van der Waals surface area contributed by atoms with Crippen molar-refractivity contribution in [3.63, 3.8) is 0 Å². The summed E-state index contributed by atoms with van der Waals surface area (Å²) in [4.78, 5) is 7.33. The summed E-state index contributed by atoms with van der Waals surface area (Å²) >= 11 is 8.33. The normalized spacial score (nSPS) is 17.7. The van der Waals surface area contributed by atoms with Crippen LogP contribution in [-0.4, -0.2) is 81.1 Å². The van der Waals surface area contributed by atoms with Gasteiger partial charge in [0.2, 0.25) is 0 Å². The van der Waals surface area contributed by atoms with Crippen molar-refractivity contribution in [2.24, 2.45) is 5.10 Å². The van der Waals surface area contributed by atoms with Crippen molar-refractivity contribution in [3.05, 3.63) is 82.4 Å². The standard InChI is InChI=1S/C31H37ClN4O2S/c1-4-37-29-19-23(9-11-28(29)38-18-17-34(2)3)22-33-36-15-13-35(14-16-36)27-20-24-7-5-6-8-30(24)39-31-12-10-25(32)21-26(27)31/h5-12,19,21-22,27H,4,13-18,20H2,1-3H3/t27-/m1/s1. The third-order valence-corrected chi connectivity index (χ3v) is 8.55. The van der Waals surface area contributed by atoms with E-state index in [4.69, 9.17) is 26.2 Å². The SMILES string of the molecule is CCOc1cc(C=NN2CCN([C@@H]3Cc4ccccc4Sc4ccc(Cl)cc43)CC2)ccc1OCCN(C)C. The first-order valence-corrected chi connectivity index (χ1v) is 14.8. The molecule has 206 valence electrons. The Balaban J connectivity index is 1.25. The Bertz CT molecular complexity index is 1290. The number of rotatable bonds is 9. The molecule has 8 heteroatoms. The maximum Gasteiger partial charge on any atom is 0.161 e. The predicted octanol–water partition coefficient (Wildman–Crippen LogP) is 6.08. The predicted molar refractivity (Wildman–Crippen MR) is 161 cm³/mol. The van der Waals surface area contributed by atoms with Crippen LogP contribution in [0.2, 0.25) is 5.02 Å². The monoisotopic (exact) mass is 564 g/mol. The molecule has 0 aliphatic carbocycles. The third kappa shape index (κ3) is 7.09. The van der Waals surface area contributed by atoms with Gasteiger partial charge in [-0.25, -0.2) is 0 Å². The lowest BCUT2D eigenvalue weighted by Gasteiger charge is -2.38. The Kier molecular flexibility index (Phi) is 9.35. The molecule has 2 aliphatic rings. The summed E-state index contributed by atoms with van der Waals surface area (Å²) in [6, 6.07) is 21.4. The first-order chi connectivity index (χ1) is 19.0. The molecule has 0 bridgehead atoms. The van der Waals surface area contributed by atoms with Gasteiger partial charge in [0.05, 0.1) is 12.8 Å². The first kappa shape index (κ1) is 27.8. The van der Waals surface area contributed by atoms with Crippen LogP contribution < -0.4 is 9.47 Å². The number of halogens is 1. The van der Waals surface area contributed by atoms with Crippen LogP contribution in [-0.2, 0) is 6.42 Å². The van der Waals surface area contributed by atoms with Gasteiger partial charge < -0.3 is 14.4 Å². The van der Waals surface area contributed by atoms with E-state index in [1.807, 2.05) is 63.3 Å². The molecule has 0 amide bonds. The fourth-order valence-electron chi connectivity index (χ4n) is 5.02. The molecule has 39 heavy (non-hydrogen) atoms. The van der Waals surface area contributed by atoms with Crippen LogP contribution in [0.3, 0.4) is 0 Å². The molecule has 3 aromatic rings. The molecule has 5 rings (SSSR count). The van der Waals surface area contributed by atoms with E-state index in [1.165, 1.54) is 20.9 Å². The highest BCUT2D eigenvalue weighted by molar-refractivity contribution is 7.99. The highest BCUT2D eigenvalue weighted by Crippen LogP contribution is 2.43. The summed E-state index contributed by atoms with van der Waals surface area (Å²) in [6.07, 6.45) is 2.92. The van der Waals surface area contributed by atoms with E-state index < -0.39 is 0 Å². The number of fused-ring (bicyclic) bond motifs is 2. The van der Waals surface area contributed by atoms with Gasteiger partial charge in [0.15, 0.2) is 11.5 Å². The largest absolute Gasteiger partial charge is 0.490 e. The highest BCUT2D eigenvalue weighted by atomic mass is 35.5. The summed E-state index contributed by atoms with van der Waals surface area (Å²) in [5, 5.41) is 7.78. The molecule has 0 radical (unpaired) electrons. The second kappa shape index (κ2) is 13.1. The summed E-state index contributed by atoms with van der Waals surface area (Å²) in [5.41, 5.74) is 3.73. The average molecular weight is 565 g/mol. The number of hydrogen-bond donors (Lipinski definition) is 0. The van der Waals surface area contributed by atoms with Gasteiger partial charge >= 0.3 is 0 Å². The van der Waals surface area contributed by atoms with E-state index in [-0.39, 0.29) is 0 Å². The molecule has 6 nitrogen and oxygen atoms in total. The molecular weight excluding hydrogens is 528 g/mol. The number of hydrazone groups is 1. The molecule has 0 saturated carbocycles. The maximum atomic E-state index is 6.47. The van der Waals surface area contributed by atoms with Crippen LogP contribution >= 0.6 is 23.4 Å². The molecule has 0 unspecified atom stereocenters. The summed E-state index contributed by atoms with van der Waals surface area (Å²) in [7, 11) is 4.07. The van der Waals surface area contributed by atoms with Crippen molar-refractivity contribution < 1.29 is 9.47 Å². The fraction of sp³-hybridized carbons (Fsp3) is 0.387. The van der Waals surface area contributed by atoms with Gasteiger partial charge in [-0.1, -0.05) is 41.6 Å². The molecular formula is C31H37ClN4O2S. The van der Waals surface area contributed by atoms with E-state index in [0.29, 0.717) is 19.3 Å². The second-order valence-electron chi connectivity index (χ2n) is 10.1. The molecule has 2 heterocycles. The minimum absolute atomic E-state index is 0.301. The van der Waals surface area contributed by atoms with E-state index in [9.17, 15) is 0 Å². The maximum absolute atomic E-state index is 6.47. The smallest absolute Gasteiger partial charge is 0.161 e. The molecule has 0 N–H and O–H groups in total. The van der Waals surface area contributed by atoms with E-state index in [2.05, 4.69) is 51.2 Å². The zero-order chi connectivity index (χ0) is 27.2. The summed E-state index contributed by atoms with van der Waals surface area (Å²) in [5.74, 6) is 1.53. The van der Waals surface area contributed by atoms with Crippen molar-refractivity contribution in [1.82, 2.24) is 14.8 Å². The Hall–Kier alpha value is -2.71. The van der Waals surface area contributed by atoms with E-state index in [0.717, 1.165) is 61.2 Å². The van der Waals surface area contributed by atoms with Crippen molar-refractivity contribution >= 4 is 29.6 Å². The average Bonchev–Trinajstić information content (AvgIpc) is 3.10. The highest BCUT2D eigenvalue weighted by Gasteiger charge is 2.30.